The van der Waals surface area contributed by atoms with E-state index in [0.29, 0.717) is 23.7 Å². The fourth-order valence-electron chi connectivity index (χ4n) is 1.44. The summed E-state index contributed by atoms with van der Waals surface area (Å²) in [5, 5.41) is 8.66. The Balaban J connectivity index is 3.05. The molecule has 0 aliphatic heterocycles. The van der Waals surface area contributed by atoms with Crippen molar-refractivity contribution in [2.75, 3.05) is 20.3 Å². The number of hydrogen-bond donors (Lipinski definition) is 1. The highest BCUT2D eigenvalue weighted by molar-refractivity contribution is 5.86. The predicted molar refractivity (Wildman–Crippen MR) is 71.8 cm³/mol. The van der Waals surface area contributed by atoms with E-state index in [4.69, 9.17) is 14.6 Å². The zero-order valence-electron chi connectivity index (χ0n) is 11.3. The highest BCUT2D eigenvalue weighted by Gasteiger charge is 2.12. The quantitative estimate of drug-likeness (QED) is 0.605. The molecule has 108 valence electrons. The number of ether oxygens (including phenoxy) is 3. The molecule has 0 spiro atoms. The van der Waals surface area contributed by atoms with E-state index in [2.05, 4.69) is 4.74 Å². The summed E-state index contributed by atoms with van der Waals surface area (Å²) in [7, 11) is 1.26. The fraction of sp³-hybridized carbons (Fsp3) is 0.286. The van der Waals surface area contributed by atoms with Gasteiger partial charge in [-0.2, -0.15) is 0 Å². The molecular formula is C14H16O6. The summed E-state index contributed by atoms with van der Waals surface area (Å²) >= 11 is 0. The Morgan fingerprint density at radius 1 is 1.30 bits per heavy atom. The number of para-hydroxylation sites is 1. The van der Waals surface area contributed by atoms with Crippen LogP contribution in [0, 0.1) is 0 Å². The summed E-state index contributed by atoms with van der Waals surface area (Å²) in [5.74, 6) is -0.878. The molecule has 6 heteroatoms. The van der Waals surface area contributed by atoms with Gasteiger partial charge in [-0.1, -0.05) is 12.1 Å². The summed E-state index contributed by atoms with van der Waals surface area (Å²) in [5.41, 5.74) is 0.502. The number of benzene rings is 1. The van der Waals surface area contributed by atoms with Gasteiger partial charge in [0.25, 0.3) is 0 Å². The molecule has 0 aliphatic rings. The van der Waals surface area contributed by atoms with E-state index in [1.807, 2.05) is 6.92 Å². The van der Waals surface area contributed by atoms with Gasteiger partial charge in [0.05, 0.1) is 13.7 Å². The van der Waals surface area contributed by atoms with Crippen molar-refractivity contribution in [2.24, 2.45) is 0 Å². The Labute approximate surface area is 116 Å². The van der Waals surface area contributed by atoms with Gasteiger partial charge in [-0.3, -0.25) is 0 Å². The molecule has 6 nitrogen and oxygen atoms in total. The number of carbonyl (C=O) groups is 2. The van der Waals surface area contributed by atoms with E-state index in [0.717, 1.165) is 6.08 Å². The van der Waals surface area contributed by atoms with Crippen LogP contribution in [0.4, 0.5) is 0 Å². The largest absolute Gasteiger partial charge is 0.490 e. The normalized spacial score (nSPS) is 10.3. The van der Waals surface area contributed by atoms with Crippen molar-refractivity contribution >= 4 is 18.0 Å². The number of methoxy groups -OCH3 is 1. The average molecular weight is 280 g/mol. The molecule has 0 fully saturated rings. The van der Waals surface area contributed by atoms with Crippen LogP contribution >= 0.6 is 0 Å². The maximum Gasteiger partial charge on any atom is 0.343 e. The number of carboxylic acid groups (broad SMARTS) is 1. The van der Waals surface area contributed by atoms with Crippen LogP contribution in [0.1, 0.15) is 12.5 Å². The molecule has 0 bridgehead atoms. The van der Waals surface area contributed by atoms with Crippen LogP contribution in [0.3, 0.4) is 0 Å². The molecule has 0 unspecified atom stereocenters. The highest BCUT2D eigenvalue weighted by Crippen LogP contribution is 2.32. The van der Waals surface area contributed by atoms with E-state index >= 15 is 0 Å². The minimum atomic E-state index is -1.08. The van der Waals surface area contributed by atoms with Crippen LogP contribution in [0.5, 0.6) is 11.5 Å². The van der Waals surface area contributed by atoms with Crippen molar-refractivity contribution in [1.29, 1.82) is 0 Å². The molecule has 0 saturated carbocycles. The molecule has 1 N–H and O–H groups in total. The molecular weight excluding hydrogens is 264 g/mol. The summed E-state index contributed by atoms with van der Waals surface area (Å²) in [6.45, 7) is 1.94. The smallest absolute Gasteiger partial charge is 0.343 e. The van der Waals surface area contributed by atoms with Gasteiger partial charge in [0, 0.05) is 11.6 Å². The van der Waals surface area contributed by atoms with Gasteiger partial charge in [-0.05, 0) is 19.1 Å². The summed E-state index contributed by atoms with van der Waals surface area (Å²) < 4.78 is 15.2. The average Bonchev–Trinajstić information content (AvgIpc) is 2.43. The van der Waals surface area contributed by atoms with E-state index in [9.17, 15) is 9.59 Å². The number of carbonyl (C=O) groups excluding carboxylic acids is 1. The van der Waals surface area contributed by atoms with E-state index < -0.39 is 11.9 Å². The van der Waals surface area contributed by atoms with Gasteiger partial charge < -0.3 is 19.3 Å². The van der Waals surface area contributed by atoms with Crippen molar-refractivity contribution < 1.29 is 28.9 Å². The van der Waals surface area contributed by atoms with Crippen LogP contribution < -0.4 is 9.47 Å². The Kier molecular flexibility index (Phi) is 6.09. The molecule has 20 heavy (non-hydrogen) atoms. The summed E-state index contributed by atoms with van der Waals surface area (Å²) in [6.07, 6.45) is 2.35. The Morgan fingerprint density at radius 3 is 2.65 bits per heavy atom. The SMILES string of the molecule is CCOc1cccc(/C=C/C(=O)O)c1OCC(=O)OC. The minimum absolute atomic E-state index is 0.283. The molecule has 0 amide bonds. The second-order valence-electron chi connectivity index (χ2n) is 3.64. The van der Waals surface area contributed by atoms with Crippen molar-refractivity contribution in [2.45, 2.75) is 6.92 Å². The first-order valence-corrected chi connectivity index (χ1v) is 5.95. The lowest BCUT2D eigenvalue weighted by Gasteiger charge is -2.13. The molecule has 0 saturated heterocycles. The van der Waals surface area contributed by atoms with Gasteiger partial charge in [0.15, 0.2) is 18.1 Å². The first kappa shape index (κ1) is 15.6. The number of esters is 1. The number of aliphatic carboxylic acids is 1. The van der Waals surface area contributed by atoms with Crippen LogP contribution in [-0.4, -0.2) is 37.4 Å². The molecule has 1 aromatic carbocycles. The molecule has 1 aromatic rings. The third-order valence-electron chi connectivity index (χ3n) is 2.28. The topological polar surface area (TPSA) is 82.1 Å². The van der Waals surface area contributed by atoms with Gasteiger partial charge in [-0.25, -0.2) is 9.59 Å². The monoisotopic (exact) mass is 280 g/mol. The number of hydrogen-bond acceptors (Lipinski definition) is 5. The van der Waals surface area contributed by atoms with Crippen molar-refractivity contribution in [3.05, 3.63) is 29.8 Å². The highest BCUT2D eigenvalue weighted by atomic mass is 16.6. The van der Waals surface area contributed by atoms with Gasteiger partial charge in [-0.15, -0.1) is 0 Å². The maximum atomic E-state index is 11.1. The molecule has 0 aliphatic carbocycles. The first-order valence-electron chi connectivity index (χ1n) is 5.95. The first-order chi connectivity index (χ1) is 9.58. The van der Waals surface area contributed by atoms with Crippen molar-refractivity contribution in [3.8, 4) is 11.5 Å². The lowest BCUT2D eigenvalue weighted by Crippen LogP contribution is -2.13. The maximum absolute atomic E-state index is 11.1. The predicted octanol–water partition coefficient (Wildman–Crippen LogP) is 1.73. The number of carboxylic acids is 1. The summed E-state index contributed by atoms with van der Waals surface area (Å²) in [6, 6.07) is 5.04. The van der Waals surface area contributed by atoms with Gasteiger partial charge in [0.1, 0.15) is 0 Å². The van der Waals surface area contributed by atoms with E-state index in [1.165, 1.54) is 13.2 Å². The Morgan fingerprint density at radius 2 is 2.05 bits per heavy atom. The van der Waals surface area contributed by atoms with E-state index in [-0.39, 0.29) is 6.61 Å². The number of rotatable bonds is 7. The van der Waals surface area contributed by atoms with Gasteiger partial charge >= 0.3 is 11.9 Å². The van der Waals surface area contributed by atoms with Crippen LogP contribution in [0.15, 0.2) is 24.3 Å². The Hall–Kier alpha value is -2.50. The van der Waals surface area contributed by atoms with Crippen molar-refractivity contribution in [3.63, 3.8) is 0 Å². The Bertz CT molecular complexity index is 506. The third kappa shape index (κ3) is 4.64. The summed E-state index contributed by atoms with van der Waals surface area (Å²) in [4.78, 5) is 21.7. The molecule has 0 radical (unpaired) electrons. The second-order valence-corrected chi connectivity index (χ2v) is 3.64. The lowest BCUT2D eigenvalue weighted by atomic mass is 10.1. The molecule has 0 aromatic heterocycles. The van der Waals surface area contributed by atoms with Crippen molar-refractivity contribution in [1.82, 2.24) is 0 Å². The molecule has 0 heterocycles. The van der Waals surface area contributed by atoms with Crippen LogP contribution in [0.2, 0.25) is 0 Å². The van der Waals surface area contributed by atoms with Gasteiger partial charge in [0.2, 0.25) is 0 Å². The molecule has 1 rings (SSSR count). The minimum Gasteiger partial charge on any atom is -0.490 e. The molecule has 0 atom stereocenters. The third-order valence-corrected chi connectivity index (χ3v) is 2.28. The second kappa shape index (κ2) is 7.83. The lowest BCUT2D eigenvalue weighted by molar-refractivity contribution is -0.143. The standard InChI is InChI=1S/C14H16O6/c1-3-19-11-6-4-5-10(7-8-12(15)16)14(11)20-9-13(17)18-2/h4-8H,3,9H2,1-2H3,(H,15,16)/b8-7+. The van der Waals surface area contributed by atoms with Crippen LogP contribution in [-0.2, 0) is 14.3 Å². The van der Waals surface area contributed by atoms with E-state index in [1.54, 1.807) is 18.2 Å². The zero-order chi connectivity index (χ0) is 15.0. The fourth-order valence-corrected chi connectivity index (χ4v) is 1.44. The zero-order valence-corrected chi connectivity index (χ0v) is 11.3. The van der Waals surface area contributed by atoms with Crippen LogP contribution in [0.25, 0.3) is 6.08 Å².